The molecule has 0 radical (unpaired) electrons. The van der Waals surface area contributed by atoms with Crippen LogP contribution in [0.15, 0.2) is 0 Å². The summed E-state index contributed by atoms with van der Waals surface area (Å²) in [5.41, 5.74) is 0. The third-order valence-electron chi connectivity index (χ3n) is 3.85. The summed E-state index contributed by atoms with van der Waals surface area (Å²) in [5.74, 6) is 0.590. The van der Waals surface area contributed by atoms with E-state index in [-0.39, 0.29) is 5.92 Å². The van der Waals surface area contributed by atoms with E-state index >= 15 is 0 Å². The standard InChI is InChI=1S/C12H23N3O/c1-14(2)11-9-13-6-5-10(11)12(16)15-7-3-4-8-15/h10-11,13H,3-9H2,1-2H3. The summed E-state index contributed by atoms with van der Waals surface area (Å²) in [6, 6.07) is 0.363. The van der Waals surface area contributed by atoms with E-state index in [2.05, 4.69) is 29.2 Å². The first-order valence-corrected chi connectivity index (χ1v) is 6.36. The first kappa shape index (κ1) is 11.9. The minimum absolute atomic E-state index is 0.203. The van der Waals surface area contributed by atoms with Crippen LogP contribution in [0.3, 0.4) is 0 Å². The van der Waals surface area contributed by atoms with Crippen LogP contribution >= 0.6 is 0 Å². The van der Waals surface area contributed by atoms with E-state index in [9.17, 15) is 4.79 Å². The maximum absolute atomic E-state index is 12.4. The van der Waals surface area contributed by atoms with Gasteiger partial charge in [0.05, 0.1) is 5.92 Å². The Labute approximate surface area is 98.0 Å². The minimum atomic E-state index is 0.203. The zero-order chi connectivity index (χ0) is 11.5. The van der Waals surface area contributed by atoms with Crippen LogP contribution in [0.2, 0.25) is 0 Å². The predicted octanol–water partition coefficient (Wildman–Crippen LogP) is 0.149. The summed E-state index contributed by atoms with van der Waals surface area (Å²) < 4.78 is 0. The third-order valence-corrected chi connectivity index (χ3v) is 3.85. The second-order valence-corrected chi connectivity index (χ2v) is 5.16. The lowest BCUT2D eigenvalue weighted by Gasteiger charge is -2.37. The molecule has 2 rings (SSSR count). The number of nitrogens with zero attached hydrogens (tertiary/aromatic N) is 2. The largest absolute Gasteiger partial charge is 0.342 e. The van der Waals surface area contributed by atoms with Gasteiger partial charge in [0.25, 0.3) is 0 Å². The molecule has 4 heteroatoms. The fourth-order valence-electron chi connectivity index (χ4n) is 2.84. The highest BCUT2D eigenvalue weighted by Crippen LogP contribution is 2.21. The number of nitrogens with one attached hydrogen (secondary N) is 1. The van der Waals surface area contributed by atoms with E-state index in [0.29, 0.717) is 11.9 Å². The molecule has 2 fully saturated rings. The smallest absolute Gasteiger partial charge is 0.227 e. The Morgan fingerprint density at radius 2 is 2.00 bits per heavy atom. The predicted molar refractivity (Wildman–Crippen MR) is 64.3 cm³/mol. The van der Waals surface area contributed by atoms with Crippen molar-refractivity contribution in [2.75, 3.05) is 40.3 Å². The molecule has 1 amide bonds. The SMILES string of the molecule is CN(C)C1CNCCC1C(=O)N1CCCC1. The molecule has 0 aromatic carbocycles. The van der Waals surface area contributed by atoms with Gasteiger partial charge in [-0.25, -0.2) is 0 Å². The molecule has 2 unspecified atom stereocenters. The third kappa shape index (κ3) is 2.38. The van der Waals surface area contributed by atoms with Crippen molar-refractivity contribution in [1.29, 1.82) is 0 Å². The van der Waals surface area contributed by atoms with Gasteiger partial charge in [0.2, 0.25) is 5.91 Å². The van der Waals surface area contributed by atoms with Crippen molar-refractivity contribution in [3.63, 3.8) is 0 Å². The molecule has 2 heterocycles. The van der Waals surface area contributed by atoms with Crippen LogP contribution in [-0.2, 0) is 4.79 Å². The molecule has 2 aliphatic heterocycles. The van der Waals surface area contributed by atoms with Crippen molar-refractivity contribution in [3.8, 4) is 0 Å². The number of amides is 1. The second kappa shape index (κ2) is 5.15. The van der Waals surface area contributed by atoms with Gasteiger partial charge >= 0.3 is 0 Å². The quantitative estimate of drug-likeness (QED) is 0.726. The lowest BCUT2D eigenvalue weighted by Crippen LogP contribution is -2.53. The summed E-state index contributed by atoms with van der Waals surface area (Å²) in [4.78, 5) is 16.6. The molecule has 0 aromatic heterocycles. The van der Waals surface area contributed by atoms with Gasteiger partial charge < -0.3 is 15.1 Å². The highest BCUT2D eigenvalue weighted by Gasteiger charge is 2.35. The van der Waals surface area contributed by atoms with Crippen molar-refractivity contribution in [1.82, 2.24) is 15.1 Å². The van der Waals surface area contributed by atoms with Gasteiger partial charge in [0.1, 0.15) is 0 Å². The Kier molecular flexibility index (Phi) is 3.82. The Balaban J connectivity index is 2.01. The van der Waals surface area contributed by atoms with Crippen LogP contribution in [-0.4, -0.2) is 62.0 Å². The Bertz CT molecular complexity index is 249. The fraction of sp³-hybridized carbons (Fsp3) is 0.917. The zero-order valence-corrected chi connectivity index (χ0v) is 10.4. The Hall–Kier alpha value is -0.610. The minimum Gasteiger partial charge on any atom is -0.342 e. The molecule has 2 atom stereocenters. The molecule has 0 saturated carbocycles. The van der Waals surface area contributed by atoms with Gasteiger partial charge in [-0.2, -0.15) is 0 Å². The van der Waals surface area contributed by atoms with Gasteiger partial charge in [0, 0.05) is 25.7 Å². The van der Waals surface area contributed by atoms with Gasteiger partial charge in [-0.15, -0.1) is 0 Å². The number of carbonyl (C=O) groups is 1. The molecule has 0 aromatic rings. The lowest BCUT2D eigenvalue weighted by molar-refractivity contribution is -0.137. The summed E-state index contributed by atoms with van der Waals surface area (Å²) >= 11 is 0. The first-order chi connectivity index (χ1) is 7.70. The molecule has 1 N–H and O–H groups in total. The number of likely N-dealkylation sites (tertiary alicyclic amines) is 1. The Morgan fingerprint density at radius 1 is 1.31 bits per heavy atom. The highest BCUT2D eigenvalue weighted by atomic mass is 16.2. The maximum Gasteiger partial charge on any atom is 0.227 e. The molecular formula is C12H23N3O. The molecule has 0 aliphatic carbocycles. The zero-order valence-electron chi connectivity index (χ0n) is 10.4. The van der Waals surface area contributed by atoms with Gasteiger partial charge in [0.15, 0.2) is 0 Å². The average Bonchev–Trinajstić information content (AvgIpc) is 2.81. The van der Waals surface area contributed by atoms with Gasteiger partial charge in [-0.3, -0.25) is 4.79 Å². The van der Waals surface area contributed by atoms with E-state index in [1.54, 1.807) is 0 Å². The normalized spacial score (nSPS) is 31.1. The summed E-state index contributed by atoms with van der Waals surface area (Å²) in [6.45, 7) is 3.87. The van der Waals surface area contributed by atoms with Crippen LogP contribution in [0.1, 0.15) is 19.3 Å². The molecule has 2 saturated heterocycles. The molecular weight excluding hydrogens is 202 g/mol. The van der Waals surface area contributed by atoms with Crippen molar-refractivity contribution in [3.05, 3.63) is 0 Å². The highest BCUT2D eigenvalue weighted by molar-refractivity contribution is 5.80. The molecule has 0 spiro atoms. The topological polar surface area (TPSA) is 35.6 Å². The monoisotopic (exact) mass is 225 g/mol. The molecule has 4 nitrogen and oxygen atoms in total. The van der Waals surface area contributed by atoms with Crippen LogP contribution in [0, 0.1) is 5.92 Å². The maximum atomic E-state index is 12.4. The average molecular weight is 225 g/mol. The van der Waals surface area contributed by atoms with Crippen molar-refractivity contribution < 1.29 is 4.79 Å². The molecule has 16 heavy (non-hydrogen) atoms. The summed E-state index contributed by atoms with van der Waals surface area (Å²) in [7, 11) is 4.14. The number of likely N-dealkylation sites (N-methyl/N-ethyl adjacent to an activating group) is 1. The number of carbonyl (C=O) groups excluding carboxylic acids is 1. The molecule has 0 bridgehead atoms. The van der Waals surface area contributed by atoms with Gasteiger partial charge in [-0.1, -0.05) is 0 Å². The lowest BCUT2D eigenvalue weighted by atomic mass is 9.90. The van der Waals surface area contributed by atoms with Crippen LogP contribution in [0.25, 0.3) is 0 Å². The van der Waals surface area contributed by atoms with E-state index < -0.39 is 0 Å². The number of piperidine rings is 1. The van der Waals surface area contributed by atoms with E-state index in [1.165, 1.54) is 12.8 Å². The van der Waals surface area contributed by atoms with Crippen molar-refractivity contribution in [2.45, 2.75) is 25.3 Å². The molecule has 92 valence electrons. The number of hydrogen-bond acceptors (Lipinski definition) is 3. The van der Waals surface area contributed by atoms with E-state index in [4.69, 9.17) is 0 Å². The fourth-order valence-corrected chi connectivity index (χ4v) is 2.84. The molecule has 2 aliphatic rings. The van der Waals surface area contributed by atoms with Crippen molar-refractivity contribution >= 4 is 5.91 Å². The summed E-state index contributed by atoms with van der Waals surface area (Å²) in [6.07, 6.45) is 3.35. The van der Waals surface area contributed by atoms with Gasteiger partial charge in [-0.05, 0) is 39.9 Å². The van der Waals surface area contributed by atoms with Crippen LogP contribution < -0.4 is 5.32 Å². The van der Waals surface area contributed by atoms with E-state index in [0.717, 1.165) is 32.6 Å². The first-order valence-electron chi connectivity index (χ1n) is 6.36. The number of rotatable bonds is 2. The van der Waals surface area contributed by atoms with Crippen molar-refractivity contribution in [2.24, 2.45) is 5.92 Å². The summed E-state index contributed by atoms with van der Waals surface area (Å²) in [5, 5.41) is 3.38. The van der Waals surface area contributed by atoms with Crippen LogP contribution in [0.4, 0.5) is 0 Å². The number of hydrogen-bond donors (Lipinski definition) is 1. The Morgan fingerprint density at radius 3 is 2.62 bits per heavy atom. The van der Waals surface area contributed by atoms with Crippen LogP contribution in [0.5, 0.6) is 0 Å². The second-order valence-electron chi connectivity index (χ2n) is 5.16. The van der Waals surface area contributed by atoms with E-state index in [1.807, 2.05) is 0 Å².